The number of rotatable bonds is 6. The summed E-state index contributed by atoms with van der Waals surface area (Å²) in [7, 11) is 0. The van der Waals surface area contributed by atoms with E-state index in [9.17, 15) is 4.39 Å². The quantitative estimate of drug-likeness (QED) is 0.822. The number of anilines is 1. The normalized spacial score (nSPS) is 9.41. The topological polar surface area (TPSA) is 68.8 Å². The number of allylic oxidation sites excluding steroid dienone is 1. The van der Waals surface area contributed by atoms with Gasteiger partial charge in [0, 0.05) is 23.6 Å². The molecule has 2 rings (SSSR count). The highest BCUT2D eigenvalue weighted by Crippen LogP contribution is 2.26. The molecule has 22 heavy (non-hydrogen) atoms. The summed E-state index contributed by atoms with van der Waals surface area (Å²) in [6.07, 6.45) is 1.98. The molecule has 1 aromatic heterocycles. The molecule has 1 heterocycles. The molecule has 0 atom stereocenters. The second-order valence-electron chi connectivity index (χ2n) is 4.24. The maximum atomic E-state index is 13.3. The molecule has 0 spiro atoms. The summed E-state index contributed by atoms with van der Waals surface area (Å²) < 4.78 is 19.0. The number of ether oxygens (including phenoxy) is 1. The number of hydrogen-bond donors (Lipinski definition) is 1. The second kappa shape index (κ2) is 7.82. The summed E-state index contributed by atoms with van der Waals surface area (Å²) in [4.78, 5) is 1.20. The Labute approximate surface area is 131 Å². The van der Waals surface area contributed by atoms with Gasteiger partial charge in [-0.15, -0.1) is 11.3 Å². The highest BCUT2D eigenvalue weighted by atomic mass is 32.1. The van der Waals surface area contributed by atoms with Crippen LogP contribution in [0.2, 0.25) is 0 Å². The predicted molar refractivity (Wildman–Crippen MR) is 82.8 cm³/mol. The van der Waals surface area contributed by atoms with Crippen molar-refractivity contribution in [1.82, 2.24) is 0 Å². The molecule has 4 nitrogen and oxygen atoms in total. The van der Waals surface area contributed by atoms with Crippen molar-refractivity contribution in [2.45, 2.75) is 6.42 Å². The molecule has 0 aliphatic rings. The zero-order valence-corrected chi connectivity index (χ0v) is 12.4. The summed E-state index contributed by atoms with van der Waals surface area (Å²) in [5.41, 5.74) is 0.267. The first kappa shape index (κ1) is 15.6. The molecule has 1 aromatic carbocycles. The van der Waals surface area contributed by atoms with Crippen LogP contribution in [0.3, 0.4) is 0 Å². The molecule has 2 aromatic rings. The van der Waals surface area contributed by atoms with Crippen molar-refractivity contribution in [2.24, 2.45) is 0 Å². The van der Waals surface area contributed by atoms with E-state index in [0.29, 0.717) is 18.0 Å². The average Bonchev–Trinajstić information content (AvgIpc) is 3.03. The van der Waals surface area contributed by atoms with Gasteiger partial charge in [-0.25, -0.2) is 4.39 Å². The van der Waals surface area contributed by atoms with Crippen molar-refractivity contribution < 1.29 is 9.13 Å². The minimum absolute atomic E-state index is 0.103. The molecule has 0 saturated heterocycles. The van der Waals surface area contributed by atoms with Crippen molar-refractivity contribution in [1.29, 1.82) is 10.5 Å². The fourth-order valence-electron chi connectivity index (χ4n) is 1.70. The van der Waals surface area contributed by atoms with Crippen LogP contribution in [-0.4, -0.2) is 6.61 Å². The maximum Gasteiger partial charge on any atom is 0.145 e. The van der Waals surface area contributed by atoms with Gasteiger partial charge in [-0.05, 0) is 23.6 Å². The molecule has 0 bridgehead atoms. The first-order chi connectivity index (χ1) is 10.7. The van der Waals surface area contributed by atoms with Crippen molar-refractivity contribution in [3.05, 3.63) is 58.2 Å². The molecule has 0 aliphatic heterocycles. The molecule has 0 saturated carbocycles. The third-order valence-electron chi connectivity index (χ3n) is 2.74. The van der Waals surface area contributed by atoms with E-state index < -0.39 is 5.82 Å². The second-order valence-corrected chi connectivity index (χ2v) is 5.28. The van der Waals surface area contributed by atoms with Crippen LogP contribution in [0.4, 0.5) is 10.1 Å². The Morgan fingerprint density at radius 1 is 1.32 bits per heavy atom. The molecule has 0 fully saturated rings. The van der Waals surface area contributed by atoms with Gasteiger partial charge in [0.25, 0.3) is 0 Å². The lowest BCUT2D eigenvalue weighted by Crippen LogP contribution is -2.03. The molecule has 0 unspecified atom stereocenters. The van der Waals surface area contributed by atoms with Gasteiger partial charge in [0.2, 0.25) is 0 Å². The number of halogens is 1. The number of thiophene rings is 1. The summed E-state index contributed by atoms with van der Waals surface area (Å²) in [5, 5.41) is 22.1. The first-order valence-electron chi connectivity index (χ1n) is 6.44. The van der Waals surface area contributed by atoms with E-state index in [1.807, 2.05) is 17.5 Å². The fourth-order valence-corrected chi connectivity index (χ4v) is 2.39. The van der Waals surface area contributed by atoms with Gasteiger partial charge in [0.1, 0.15) is 29.3 Å². The molecular weight excluding hydrogens is 301 g/mol. The lowest BCUT2D eigenvalue weighted by molar-refractivity contribution is 0.324. The van der Waals surface area contributed by atoms with Crippen LogP contribution in [-0.2, 0) is 6.42 Å². The number of benzene rings is 1. The van der Waals surface area contributed by atoms with Gasteiger partial charge >= 0.3 is 0 Å². The Morgan fingerprint density at radius 3 is 2.82 bits per heavy atom. The summed E-state index contributed by atoms with van der Waals surface area (Å²) in [6.45, 7) is 0.452. The molecule has 0 radical (unpaired) electrons. The minimum Gasteiger partial charge on any atom is -0.491 e. The summed E-state index contributed by atoms with van der Waals surface area (Å²) in [6, 6.07) is 11.5. The molecular formula is C16H12FN3OS. The van der Waals surface area contributed by atoms with E-state index in [0.717, 1.165) is 6.42 Å². The van der Waals surface area contributed by atoms with Gasteiger partial charge in [0.05, 0.1) is 12.3 Å². The predicted octanol–water partition coefficient (Wildman–Crippen LogP) is 3.85. The Hall–Kier alpha value is -2.83. The minimum atomic E-state index is -0.433. The number of nitriles is 2. The monoisotopic (exact) mass is 313 g/mol. The molecule has 110 valence electrons. The smallest absolute Gasteiger partial charge is 0.145 e. The Balaban J connectivity index is 2.05. The molecule has 0 amide bonds. The van der Waals surface area contributed by atoms with E-state index in [1.54, 1.807) is 23.5 Å². The standard InChI is InChI=1S/C16H12FN3OS/c17-13-3-4-16(21-6-5-14-2-1-7-22-14)15(8-13)20-11-12(9-18)10-19/h1-4,7-8,11,20H,5-6H2. The van der Waals surface area contributed by atoms with Gasteiger partial charge in [-0.3, -0.25) is 0 Å². The lowest BCUT2D eigenvalue weighted by Gasteiger charge is -2.11. The van der Waals surface area contributed by atoms with E-state index in [2.05, 4.69) is 5.32 Å². The number of hydrogen-bond acceptors (Lipinski definition) is 5. The van der Waals surface area contributed by atoms with Gasteiger partial charge < -0.3 is 10.1 Å². The fraction of sp³-hybridized carbons (Fsp3) is 0.125. The Kier molecular flexibility index (Phi) is 5.53. The zero-order chi connectivity index (χ0) is 15.8. The van der Waals surface area contributed by atoms with Crippen molar-refractivity contribution in [3.8, 4) is 17.9 Å². The molecule has 6 heteroatoms. The largest absolute Gasteiger partial charge is 0.491 e. The van der Waals surface area contributed by atoms with Crippen LogP contribution in [0.25, 0.3) is 0 Å². The highest BCUT2D eigenvalue weighted by molar-refractivity contribution is 7.09. The first-order valence-corrected chi connectivity index (χ1v) is 7.32. The average molecular weight is 313 g/mol. The maximum absolute atomic E-state index is 13.3. The van der Waals surface area contributed by atoms with E-state index in [-0.39, 0.29) is 5.57 Å². The van der Waals surface area contributed by atoms with Crippen LogP contribution in [0.1, 0.15) is 4.88 Å². The van der Waals surface area contributed by atoms with Gasteiger partial charge in [0.15, 0.2) is 0 Å². The third-order valence-corrected chi connectivity index (χ3v) is 3.68. The van der Waals surface area contributed by atoms with Crippen LogP contribution < -0.4 is 10.1 Å². The van der Waals surface area contributed by atoms with Gasteiger partial charge in [-0.2, -0.15) is 10.5 Å². The highest BCUT2D eigenvalue weighted by Gasteiger charge is 2.05. The zero-order valence-electron chi connectivity index (χ0n) is 11.5. The van der Waals surface area contributed by atoms with E-state index in [1.165, 1.54) is 29.3 Å². The van der Waals surface area contributed by atoms with Crippen LogP contribution in [0, 0.1) is 28.5 Å². The number of nitrogens with zero attached hydrogens (tertiary/aromatic N) is 2. The summed E-state index contributed by atoms with van der Waals surface area (Å²) in [5.74, 6) is 0.0291. The van der Waals surface area contributed by atoms with E-state index >= 15 is 0 Å². The van der Waals surface area contributed by atoms with Gasteiger partial charge in [-0.1, -0.05) is 6.07 Å². The molecule has 0 aliphatic carbocycles. The molecule has 1 N–H and O–H groups in total. The van der Waals surface area contributed by atoms with Crippen LogP contribution in [0.15, 0.2) is 47.5 Å². The van der Waals surface area contributed by atoms with Crippen LogP contribution in [0.5, 0.6) is 5.75 Å². The van der Waals surface area contributed by atoms with Crippen molar-refractivity contribution in [3.63, 3.8) is 0 Å². The van der Waals surface area contributed by atoms with E-state index in [4.69, 9.17) is 15.3 Å². The number of nitrogens with one attached hydrogen (secondary N) is 1. The van der Waals surface area contributed by atoms with Crippen LogP contribution >= 0.6 is 11.3 Å². The SMILES string of the molecule is N#CC(C#N)=CNc1cc(F)ccc1OCCc1cccs1. The van der Waals surface area contributed by atoms with Crippen molar-refractivity contribution in [2.75, 3.05) is 11.9 Å². The Morgan fingerprint density at radius 2 is 2.14 bits per heavy atom. The third kappa shape index (κ3) is 4.34. The Bertz CT molecular complexity index is 726. The van der Waals surface area contributed by atoms with Crippen molar-refractivity contribution >= 4 is 17.0 Å². The lowest BCUT2D eigenvalue weighted by atomic mass is 10.2. The summed E-state index contributed by atoms with van der Waals surface area (Å²) >= 11 is 1.65.